The Morgan fingerprint density at radius 3 is 1.57 bits per heavy atom. The number of hydrogen-bond acceptors (Lipinski definition) is 7. The maximum absolute atomic E-state index is 12.3. The minimum Gasteiger partial charge on any atom is -0.462 e. The first-order valence-corrected chi connectivity index (χ1v) is 20.4. The molecule has 0 aromatic heterocycles. The van der Waals surface area contributed by atoms with E-state index in [0.29, 0.717) is 19.3 Å². The summed E-state index contributed by atoms with van der Waals surface area (Å²) >= 11 is 0. The average Bonchev–Trinajstić information content (AvgIpc) is 3.06. The highest BCUT2D eigenvalue weighted by atomic mass is 31.2. The molecule has 0 aliphatic carbocycles. The SMILES string of the molecule is CCCCCC/C=C\C=C/CCCCCCCC(=O)OC[C@H](COP(=O)(O)O)OC(=O)CCCCCCC/C=C\C=C\C(=O)CCCCC. The Kier molecular flexibility index (Phi) is 32.5. The third-order valence-corrected chi connectivity index (χ3v) is 8.31. The number of carbonyl (C=O) groups excluding carboxylic acids is 3. The van der Waals surface area contributed by atoms with Gasteiger partial charge in [-0.3, -0.25) is 18.9 Å². The summed E-state index contributed by atoms with van der Waals surface area (Å²) in [5.74, 6) is -0.799. The molecule has 9 nitrogen and oxygen atoms in total. The van der Waals surface area contributed by atoms with Gasteiger partial charge in [0.2, 0.25) is 0 Å². The lowest BCUT2D eigenvalue weighted by Gasteiger charge is -2.18. The van der Waals surface area contributed by atoms with Crippen molar-refractivity contribution in [3.63, 3.8) is 0 Å². The molecule has 0 aliphatic rings. The van der Waals surface area contributed by atoms with Gasteiger partial charge in [-0.2, -0.15) is 0 Å². The normalized spacial score (nSPS) is 12.9. The van der Waals surface area contributed by atoms with Gasteiger partial charge in [0.15, 0.2) is 11.9 Å². The zero-order chi connectivity index (χ0) is 36.3. The van der Waals surface area contributed by atoms with Crippen LogP contribution >= 0.6 is 7.82 Å². The van der Waals surface area contributed by atoms with Crippen LogP contribution in [0.1, 0.15) is 162 Å². The van der Waals surface area contributed by atoms with Crippen LogP contribution in [-0.2, 0) is 32.9 Å². The van der Waals surface area contributed by atoms with Gasteiger partial charge in [-0.05, 0) is 63.9 Å². The lowest BCUT2D eigenvalue weighted by Crippen LogP contribution is -2.29. The maximum atomic E-state index is 12.3. The highest BCUT2D eigenvalue weighted by Gasteiger charge is 2.22. The van der Waals surface area contributed by atoms with E-state index in [0.717, 1.165) is 89.9 Å². The summed E-state index contributed by atoms with van der Waals surface area (Å²) in [5.41, 5.74) is 0. The Hall–Kier alpha value is -2.32. The first-order valence-electron chi connectivity index (χ1n) is 18.9. The second-order valence-corrected chi connectivity index (χ2v) is 13.8. The molecule has 0 fully saturated rings. The molecule has 0 saturated carbocycles. The van der Waals surface area contributed by atoms with Gasteiger partial charge in [0.1, 0.15) is 6.61 Å². The minimum atomic E-state index is -4.78. The number of allylic oxidation sites excluding steroid dienone is 8. The number of esters is 2. The van der Waals surface area contributed by atoms with Crippen LogP contribution in [0, 0.1) is 0 Å². The fourth-order valence-corrected chi connectivity index (χ4v) is 5.29. The highest BCUT2D eigenvalue weighted by molar-refractivity contribution is 7.46. The summed E-state index contributed by atoms with van der Waals surface area (Å²) in [5, 5.41) is 0. The summed E-state index contributed by atoms with van der Waals surface area (Å²) in [6.45, 7) is 3.45. The topological polar surface area (TPSA) is 136 Å². The van der Waals surface area contributed by atoms with Crippen molar-refractivity contribution in [1.29, 1.82) is 0 Å². The Labute approximate surface area is 297 Å². The van der Waals surface area contributed by atoms with E-state index in [1.807, 2.05) is 6.08 Å². The molecule has 0 aromatic rings. The second kappa shape index (κ2) is 34.1. The number of phosphoric ester groups is 1. The second-order valence-electron chi connectivity index (χ2n) is 12.6. The first-order chi connectivity index (χ1) is 23.7. The van der Waals surface area contributed by atoms with E-state index in [1.165, 1.54) is 25.7 Å². The molecular weight excluding hydrogens is 643 g/mol. The average molecular weight is 711 g/mol. The van der Waals surface area contributed by atoms with Gasteiger partial charge >= 0.3 is 19.8 Å². The van der Waals surface area contributed by atoms with Crippen molar-refractivity contribution in [2.24, 2.45) is 0 Å². The van der Waals surface area contributed by atoms with E-state index in [4.69, 9.17) is 19.3 Å². The zero-order valence-corrected chi connectivity index (χ0v) is 31.5. The molecule has 49 heavy (non-hydrogen) atoms. The van der Waals surface area contributed by atoms with Crippen LogP contribution in [0.15, 0.2) is 48.6 Å². The molecule has 0 amide bonds. The van der Waals surface area contributed by atoms with Gasteiger partial charge in [0, 0.05) is 19.3 Å². The minimum absolute atomic E-state index is 0.156. The largest absolute Gasteiger partial charge is 0.469 e. The van der Waals surface area contributed by atoms with E-state index in [-0.39, 0.29) is 25.2 Å². The molecule has 0 radical (unpaired) electrons. The molecule has 0 heterocycles. The number of carbonyl (C=O) groups is 3. The molecule has 2 N–H and O–H groups in total. The monoisotopic (exact) mass is 710 g/mol. The molecule has 10 heteroatoms. The number of ether oxygens (including phenoxy) is 2. The summed E-state index contributed by atoms with van der Waals surface area (Å²) in [7, 11) is -4.78. The molecule has 0 rings (SSSR count). The van der Waals surface area contributed by atoms with Gasteiger partial charge < -0.3 is 19.3 Å². The third-order valence-electron chi connectivity index (χ3n) is 7.82. The van der Waals surface area contributed by atoms with Crippen molar-refractivity contribution >= 4 is 25.5 Å². The molecule has 0 spiro atoms. The standard InChI is InChI=1S/C39H67O9P/c1-3-5-7-8-9-10-11-12-13-14-15-18-21-24-28-32-38(41)46-34-37(35-47-49(43,44)45)48-39(42)33-29-25-22-19-16-17-20-23-27-31-36(40)30-26-6-4-2/h10-13,20,23,27,31,37H,3-9,14-19,21-22,24-26,28-30,32-35H2,1-2H3,(H2,43,44,45)/b11-10-,13-12-,23-20-,31-27+/t37-/m1/s1. The van der Waals surface area contributed by atoms with Gasteiger partial charge in [-0.25, -0.2) is 4.57 Å². The smallest absolute Gasteiger partial charge is 0.462 e. The zero-order valence-electron chi connectivity index (χ0n) is 30.6. The Balaban J connectivity index is 4.08. The number of unbranched alkanes of at least 4 members (excludes halogenated alkanes) is 16. The number of hydrogen-bond donors (Lipinski definition) is 2. The van der Waals surface area contributed by atoms with Crippen molar-refractivity contribution < 1.29 is 42.7 Å². The lowest BCUT2D eigenvalue weighted by atomic mass is 10.1. The summed E-state index contributed by atoms with van der Waals surface area (Å²) < 4.78 is 26.2. The maximum Gasteiger partial charge on any atom is 0.469 e. The van der Waals surface area contributed by atoms with Crippen molar-refractivity contribution in [3.05, 3.63) is 48.6 Å². The first kappa shape index (κ1) is 46.7. The molecule has 0 aromatic carbocycles. The Morgan fingerprint density at radius 2 is 1.02 bits per heavy atom. The van der Waals surface area contributed by atoms with Gasteiger partial charge in [-0.15, -0.1) is 0 Å². The van der Waals surface area contributed by atoms with Crippen LogP contribution in [0.5, 0.6) is 0 Å². The lowest BCUT2D eigenvalue weighted by molar-refractivity contribution is -0.161. The Bertz CT molecular complexity index is 996. The fourth-order valence-electron chi connectivity index (χ4n) is 4.93. The van der Waals surface area contributed by atoms with Crippen molar-refractivity contribution in [3.8, 4) is 0 Å². The van der Waals surface area contributed by atoms with E-state index in [9.17, 15) is 18.9 Å². The molecule has 0 bridgehead atoms. The summed E-state index contributed by atoms with van der Waals surface area (Å²) in [6, 6.07) is 0. The third kappa shape index (κ3) is 36.8. The van der Waals surface area contributed by atoms with Gasteiger partial charge in [-0.1, -0.05) is 127 Å². The van der Waals surface area contributed by atoms with E-state index in [2.05, 4.69) is 48.8 Å². The van der Waals surface area contributed by atoms with Crippen LogP contribution in [0.3, 0.4) is 0 Å². The van der Waals surface area contributed by atoms with Crippen LogP contribution in [0.2, 0.25) is 0 Å². The van der Waals surface area contributed by atoms with Gasteiger partial charge in [0.25, 0.3) is 0 Å². The Morgan fingerprint density at radius 1 is 0.571 bits per heavy atom. The van der Waals surface area contributed by atoms with Crippen molar-refractivity contribution in [1.82, 2.24) is 0 Å². The molecule has 282 valence electrons. The molecule has 1 atom stereocenters. The molecule has 0 aliphatic heterocycles. The van der Waals surface area contributed by atoms with E-state index >= 15 is 0 Å². The number of phosphoric acid groups is 1. The molecule has 0 saturated heterocycles. The predicted molar refractivity (Wildman–Crippen MR) is 198 cm³/mol. The highest BCUT2D eigenvalue weighted by Crippen LogP contribution is 2.36. The number of rotatable bonds is 34. The van der Waals surface area contributed by atoms with Crippen LogP contribution in [-0.4, -0.2) is 46.8 Å². The summed E-state index contributed by atoms with van der Waals surface area (Å²) in [6.07, 6.45) is 36.7. The van der Waals surface area contributed by atoms with E-state index in [1.54, 1.807) is 12.2 Å². The van der Waals surface area contributed by atoms with E-state index < -0.39 is 32.5 Å². The summed E-state index contributed by atoms with van der Waals surface area (Å²) in [4.78, 5) is 54.4. The van der Waals surface area contributed by atoms with Crippen molar-refractivity contribution in [2.45, 2.75) is 168 Å². The predicted octanol–water partition coefficient (Wildman–Crippen LogP) is 10.4. The molecule has 0 unspecified atom stereocenters. The van der Waals surface area contributed by atoms with Crippen molar-refractivity contribution in [2.75, 3.05) is 13.2 Å². The molecular formula is C39H67O9P. The van der Waals surface area contributed by atoms with Crippen LogP contribution < -0.4 is 0 Å². The van der Waals surface area contributed by atoms with Crippen LogP contribution in [0.25, 0.3) is 0 Å². The number of ketones is 1. The quantitative estimate of drug-likeness (QED) is 0.0220. The fraction of sp³-hybridized carbons (Fsp3) is 0.718. The van der Waals surface area contributed by atoms with Crippen LogP contribution in [0.4, 0.5) is 0 Å². The van der Waals surface area contributed by atoms with Gasteiger partial charge in [0.05, 0.1) is 6.61 Å².